The molecule has 0 spiro atoms. The number of rotatable bonds is 10. The van der Waals surface area contributed by atoms with Gasteiger partial charge in [0.25, 0.3) is 0 Å². The van der Waals surface area contributed by atoms with Crippen LogP contribution in [0.4, 0.5) is 18.0 Å². The third-order valence-corrected chi connectivity index (χ3v) is 5.07. The molecule has 6 nitrogen and oxygen atoms in total. The van der Waals surface area contributed by atoms with E-state index < -0.39 is 42.3 Å². The number of amides is 2. The van der Waals surface area contributed by atoms with Crippen LogP contribution in [0.2, 0.25) is 0 Å². The van der Waals surface area contributed by atoms with Gasteiger partial charge in [0.15, 0.2) is 6.10 Å². The van der Waals surface area contributed by atoms with Gasteiger partial charge in [-0.2, -0.15) is 13.2 Å². The SMILES string of the molecule is CC(C)[C@H](NC(=O)OCc1ccccc1)C(=O)N[C@H](CCc1ccccc1)[C@H](O)C(F)(F)F. The smallest absolute Gasteiger partial charge is 0.416 e. The molecule has 0 saturated heterocycles. The molecule has 9 heteroatoms. The van der Waals surface area contributed by atoms with Crippen molar-refractivity contribution in [2.24, 2.45) is 5.92 Å². The fourth-order valence-corrected chi connectivity index (χ4v) is 3.20. The molecule has 3 N–H and O–H groups in total. The Labute approximate surface area is 191 Å². The molecule has 0 saturated carbocycles. The number of aryl methyl sites for hydroxylation is 1. The van der Waals surface area contributed by atoms with Crippen LogP contribution in [0.5, 0.6) is 0 Å². The molecule has 0 fully saturated rings. The maximum atomic E-state index is 13.2. The Kier molecular flexibility index (Phi) is 9.72. The molecule has 0 aromatic heterocycles. The molecule has 2 rings (SSSR count). The molecule has 0 heterocycles. The number of hydrogen-bond acceptors (Lipinski definition) is 4. The van der Waals surface area contributed by atoms with E-state index in [0.29, 0.717) is 0 Å². The Morgan fingerprint density at radius 2 is 1.48 bits per heavy atom. The molecule has 0 bridgehead atoms. The van der Waals surface area contributed by atoms with Crippen molar-refractivity contribution in [2.45, 2.75) is 57.7 Å². The summed E-state index contributed by atoms with van der Waals surface area (Å²) in [7, 11) is 0. The summed E-state index contributed by atoms with van der Waals surface area (Å²) in [6.45, 7) is 3.26. The topological polar surface area (TPSA) is 87.7 Å². The van der Waals surface area contributed by atoms with Crippen molar-refractivity contribution in [3.8, 4) is 0 Å². The molecule has 180 valence electrons. The van der Waals surface area contributed by atoms with Crippen LogP contribution < -0.4 is 10.6 Å². The van der Waals surface area contributed by atoms with Crippen LogP contribution in [0, 0.1) is 5.92 Å². The Hall–Kier alpha value is -3.07. The Morgan fingerprint density at radius 3 is 2.00 bits per heavy atom. The van der Waals surface area contributed by atoms with Gasteiger partial charge in [-0.3, -0.25) is 4.79 Å². The molecular formula is C24H29F3N2O4. The summed E-state index contributed by atoms with van der Waals surface area (Å²) < 4.78 is 44.8. The fourth-order valence-electron chi connectivity index (χ4n) is 3.20. The number of nitrogens with one attached hydrogen (secondary N) is 2. The summed E-state index contributed by atoms with van der Waals surface area (Å²) in [5.41, 5.74) is 1.52. The highest BCUT2D eigenvalue weighted by Gasteiger charge is 2.44. The molecule has 0 aliphatic carbocycles. The first-order valence-corrected chi connectivity index (χ1v) is 10.6. The fraction of sp³-hybridized carbons (Fsp3) is 0.417. The number of alkyl halides is 3. The van der Waals surface area contributed by atoms with Crippen LogP contribution in [0.25, 0.3) is 0 Å². The number of halogens is 3. The number of carbonyl (C=O) groups is 2. The normalized spacial score (nSPS) is 14.3. The van der Waals surface area contributed by atoms with Crippen molar-refractivity contribution in [1.82, 2.24) is 10.6 Å². The first-order valence-electron chi connectivity index (χ1n) is 10.6. The van der Waals surface area contributed by atoms with Gasteiger partial charge in [-0.15, -0.1) is 0 Å². The zero-order chi connectivity index (χ0) is 24.4. The molecule has 3 atom stereocenters. The average Bonchev–Trinajstić information content (AvgIpc) is 2.78. The lowest BCUT2D eigenvalue weighted by atomic mass is 9.98. The van der Waals surface area contributed by atoms with Crippen LogP contribution in [0.1, 0.15) is 31.4 Å². The zero-order valence-electron chi connectivity index (χ0n) is 18.5. The molecule has 0 unspecified atom stereocenters. The molecule has 0 radical (unpaired) electrons. The minimum Gasteiger partial charge on any atom is -0.445 e. The summed E-state index contributed by atoms with van der Waals surface area (Å²) >= 11 is 0. The van der Waals surface area contributed by atoms with Crippen molar-refractivity contribution in [3.63, 3.8) is 0 Å². The first kappa shape index (κ1) is 26.2. The standard InChI is InChI=1S/C24H29F3N2O4/c1-16(2)20(29-23(32)33-15-18-11-7-4-8-12-18)22(31)28-19(21(30)24(25,26)27)14-13-17-9-5-3-6-10-17/h3-12,16,19-21,30H,13-15H2,1-2H3,(H,28,31)(H,29,32)/t19-,20+,21+/m1/s1. The predicted octanol–water partition coefficient (Wildman–Crippen LogP) is 3.98. The number of hydrogen-bond donors (Lipinski definition) is 3. The predicted molar refractivity (Wildman–Crippen MR) is 117 cm³/mol. The monoisotopic (exact) mass is 466 g/mol. The Balaban J connectivity index is 2.03. The summed E-state index contributed by atoms with van der Waals surface area (Å²) in [5.74, 6) is -1.27. The van der Waals surface area contributed by atoms with Crippen LogP contribution in [-0.2, 0) is 22.6 Å². The maximum Gasteiger partial charge on any atom is 0.416 e. The minimum absolute atomic E-state index is 0.0222. The molecule has 0 aliphatic heterocycles. The second-order valence-corrected chi connectivity index (χ2v) is 8.05. The maximum absolute atomic E-state index is 13.2. The lowest BCUT2D eigenvalue weighted by Crippen LogP contribution is -2.56. The van der Waals surface area contributed by atoms with Gasteiger partial charge in [0.05, 0.1) is 6.04 Å². The quantitative estimate of drug-likeness (QED) is 0.494. The third-order valence-electron chi connectivity index (χ3n) is 5.07. The van der Waals surface area contributed by atoms with Crippen molar-refractivity contribution < 1.29 is 32.6 Å². The van der Waals surface area contributed by atoms with Gasteiger partial charge >= 0.3 is 12.3 Å². The van der Waals surface area contributed by atoms with E-state index in [-0.39, 0.29) is 19.4 Å². The summed E-state index contributed by atoms with van der Waals surface area (Å²) in [6.07, 6.45) is -8.45. The second-order valence-electron chi connectivity index (χ2n) is 8.05. The van der Waals surface area contributed by atoms with E-state index in [1.165, 1.54) is 0 Å². The summed E-state index contributed by atoms with van der Waals surface area (Å²) in [4.78, 5) is 25.0. The molecule has 2 aromatic carbocycles. The van der Waals surface area contributed by atoms with Crippen molar-refractivity contribution in [2.75, 3.05) is 0 Å². The zero-order valence-corrected chi connectivity index (χ0v) is 18.5. The molecular weight excluding hydrogens is 437 g/mol. The van der Waals surface area contributed by atoms with E-state index >= 15 is 0 Å². The number of carbonyl (C=O) groups excluding carboxylic acids is 2. The van der Waals surface area contributed by atoms with Gasteiger partial charge in [0.2, 0.25) is 5.91 Å². The van der Waals surface area contributed by atoms with Gasteiger partial charge in [-0.1, -0.05) is 74.5 Å². The van der Waals surface area contributed by atoms with Gasteiger partial charge in [-0.05, 0) is 29.9 Å². The van der Waals surface area contributed by atoms with Crippen molar-refractivity contribution in [1.29, 1.82) is 0 Å². The van der Waals surface area contributed by atoms with E-state index in [9.17, 15) is 27.9 Å². The largest absolute Gasteiger partial charge is 0.445 e. The average molecular weight is 467 g/mol. The van der Waals surface area contributed by atoms with Gasteiger partial charge in [0, 0.05) is 0 Å². The number of alkyl carbamates (subject to hydrolysis) is 1. The first-order chi connectivity index (χ1) is 15.6. The third kappa shape index (κ3) is 8.76. The Bertz CT molecular complexity index is 876. The molecule has 0 aliphatic rings. The highest BCUT2D eigenvalue weighted by molar-refractivity contribution is 5.86. The lowest BCUT2D eigenvalue weighted by Gasteiger charge is -2.29. The summed E-state index contributed by atoms with van der Waals surface area (Å²) in [5, 5.41) is 14.5. The molecule has 2 amide bonds. The van der Waals surface area contributed by atoms with Gasteiger partial charge < -0.3 is 20.5 Å². The van der Waals surface area contributed by atoms with Crippen LogP contribution in [0.15, 0.2) is 60.7 Å². The van der Waals surface area contributed by atoms with Crippen LogP contribution in [-0.4, -0.2) is 41.5 Å². The second kappa shape index (κ2) is 12.2. The Morgan fingerprint density at radius 1 is 0.939 bits per heavy atom. The van der Waals surface area contributed by atoms with E-state index in [1.54, 1.807) is 68.4 Å². The number of benzene rings is 2. The van der Waals surface area contributed by atoms with E-state index in [4.69, 9.17) is 4.74 Å². The van der Waals surface area contributed by atoms with Crippen LogP contribution in [0.3, 0.4) is 0 Å². The number of ether oxygens (including phenoxy) is 1. The van der Waals surface area contributed by atoms with Gasteiger partial charge in [-0.25, -0.2) is 4.79 Å². The van der Waals surface area contributed by atoms with Crippen LogP contribution >= 0.6 is 0 Å². The van der Waals surface area contributed by atoms with E-state index in [0.717, 1.165) is 11.1 Å². The lowest BCUT2D eigenvalue weighted by molar-refractivity contribution is -0.212. The highest BCUT2D eigenvalue weighted by Crippen LogP contribution is 2.25. The number of aliphatic hydroxyl groups is 1. The number of aliphatic hydroxyl groups excluding tert-OH is 1. The summed E-state index contributed by atoms with van der Waals surface area (Å²) in [6, 6.07) is 15.0. The van der Waals surface area contributed by atoms with Gasteiger partial charge in [0.1, 0.15) is 12.6 Å². The molecule has 33 heavy (non-hydrogen) atoms. The molecule has 2 aromatic rings. The van der Waals surface area contributed by atoms with E-state index in [2.05, 4.69) is 10.6 Å². The highest BCUT2D eigenvalue weighted by atomic mass is 19.4. The minimum atomic E-state index is -4.91. The van der Waals surface area contributed by atoms with E-state index in [1.807, 2.05) is 6.07 Å². The van der Waals surface area contributed by atoms with Crippen molar-refractivity contribution >= 4 is 12.0 Å². The van der Waals surface area contributed by atoms with Crippen molar-refractivity contribution in [3.05, 3.63) is 71.8 Å².